The molecular formula is C8H8BrF6NO2. The van der Waals surface area contributed by atoms with Gasteiger partial charge in [0.15, 0.2) is 5.60 Å². The molecule has 3 nitrogen and oxygen atoms in total. The van der Waals surface area contributed by atoms with E-state index in [1.165, 1.54) is 0 Å². The van der Waals surface area contributed by atoms with Crippen LogP contribution in [0.3, 0.4) is 0 Å². The Morgan fingerprint density at radius 2 is 1.78 bits per heavy atom. The van der Waals surface area contributed by atoms with E-state index in [0.717, 1.165) is 0 Å². The van der Waals surface area contributed by atoms with Gasteiger partial charge in [0.2, 0.25) is 0 Å². The van der Waals surface area contributed by atoms with Crippen molar-refractivity contribution < 1.29 is 36.2 Å². The standard InChI is InChI=1S/C8H8BrF6NO2/c9-4-3-16(5(17)7(10,11)12)2-1-6(4,18)8(13,14)15/h4,18H,1-3H2. The van der Waals surface area contributed by atoms with Crippen LogP contribution in [0.2, 0.25) is 0 Å². The summed E-state index contributed by atoms with van der Waals surface area (Å²) < 4.78 is 73.9. The third-order valence-corrected chi connectivity index (χ3v) is 3.73. The highest BCUT2D eigenvalue weighted by atomic mass is 79.9. The molecule has 10 heteroatoms. The molecule has 1 aliphatic rings. The SMILES string of the molecule is O=C(N1CCC(O)(C(F)(F)F)C(Br)C1)C(F)(F)F. The molecule has 1 saturated heterocycles. The number of amides is 1. The minimum atomic E-state index is -5.14. The summed E-state index contributed by atoms with van der Waals surface area (Å²) in [5.74, 6) is -2.21. The van der Waals surface area contributed by atoms with Crippen LogP contribution in [-0.2, 0) is 4.79 Å². The Kier molecular flexibility index (Phi) is 3.93. The number of aliphatic hydroxyl groups is 1. The van der Waals surface area contributed by atoms with Crippen LogP contribution < -0.4 is 0 Å². The first-order chi connectivity index (χ1) is 7.89. The van der Waals surface area contributed by atoms with Gasteiger partial charge in [-0.2, -0.15) is 26.3 Å². The first-order valence-corrected chi connectivity index (χ1v) is 5.60. The maximum absolute atomic E-state index is 12.5. The molecule has 1 aliphatic heterocycles. The predicted molar refractivity (Wildman–Crippen MR) is 51.0 cm³/mol. The minimum Gasteiger partial charge on any atom is -0.379 e. The average Bonchev–Trinajstić information content (AvgIpc) is 2.18. The molecule has 2 atom stereocenters. The highest BCUT2D eigenvalue weighted by Gasteiger charge is 2.60. The number of piperidine rings is 1. The van der Waals surface area contributed by atoms with Crippen LogP contribution in [0.1, 0.15) is 6.42 Å². The van der Waals surface area contributed by atoms with Gasteiger partial charge >= 0.3 is 18.3 Å². The second kappa shape index (κ2) is 4.55. The number of rotatable bonds is 0. The number of hydrogen-bond acceptors (Lipinski definition) is 2. The van der Waals surface area contributed by atoms with E-state index in [4.69, 9.17) is 0 Å². The molecular weight excluding hydrogens is 336 g/mol. The van der Waals surface area contributed by atoms with Gasteiger partial charge < -0.3 is 10.0 Å². The van der Waals surface area contributed by atoms with Crippen molar-refractivity contribution in [3.05, 3.63) is 0 Å². The molecule has 1 amide bonds. The smallest absolute Gasteiger partial charge is 0.379 e. The topological polar surface area (TPSA) is 40.5 Å². The molecule has 1 rings (SSSR count). The highest BCUT2D eigenvalue weighted by Crippen LogP contribution is 2.42. The second-order valence-corrected chi connectivity index (χ2v) is 4.99. The van der Waals surface area contributed by atoms with Crippen LogP contribution in [0.5, 0.6) is 0 Å². The maximum atomic E-state index is 12.5. The Balaban J connectivity index is 2.82. The lowest BCUT2D eigenvalue weighted by Gasteiger charge is -2.42. The lowest BCUT2D eigenvalue weighted by atomic mass is 9.90. The van der Waals surface area contributed by atoms with Gasteiger partial charge in [0.25, 0.3) is 0 Å². The van der Waals surface area contributed by atoms with E-state index in [-0.39, 0.29) is 4.90 Å². The monoisotopic (exact) mass is 343 g/mol. The molecule has 1 heterocycles. The molecule has 106 valence electrons. The van der Waals surface area contributed by atoms with Crippen molar-refractivity contribution in [2.75, 3.05) is 13.1 Å². The molecule has 1 fully saturated rings. The summed E-state index contributed by atoms with van der Waals surface area (Å²) in [6.07, 6.45) is -11.1. The number of carbonyl (C=O) groups excluding carboxylic acids is 1. The Hall–Kier alpha value is -0.510. The van der Waals surface area contributed by atoms with E-state index in [0.29, 0.717) is 0 Å². The van der Waals surface area contributed by atoms with Crippen molar-refractivity contribution >= 4 is 21.8 Å². The Labute approximate surface area is 106 Å². The van der Waals surface area contributed by atoms with Crippen LogP contribution in [0.25, 0.3) is 0 Å². The van der Waals surface area contributed by atoms with Crippen molar-refractivity contribution in [3.8, 4) is 0 Å². The van der Waals surface area contributed by atoms with Gasteiger partial charge in [-0.15, -0.1) is 0 Å². The van der Waals surface area contributed by atoms with E-state index in [1.54, 1.807) is 0 Å². The Morgan fingerprint density at radius 1 is 1.28 bits per heavy atom. The summed E-state index contributed by atoms with van der Waals surface area (Å²) in [5.41, 5.74) is -3.13. The van der Waals surface area contributed by atoms with E-state index < -0.39 is 48.2 Å². The van der Waals surface area contributed by atoms with Crippen molar-refractivity contribution in [2.24, 2.45) is 0 Å². The van der Waals surface area contributed by atoms with Crippen LogP contribution >= 0.6 is 15.9 Å². The van der Waals surface area contributed by atoms with E-state index in [9.17, 15) is 36.2 Å². The van der Waals surface area contributed by atoms with Gasteiger partial charge in [0.1, 0.15) is 0 Å². The van der Waals surface area contributed by atoms with Crippen LogP contribution in [0, 0.1) is 0 Å². The van der Waals surface area contributed by atoms with Crippen LogP contribution in [0.15, 0.2) is 0 Å². The fourth-order valence-corrected chi connectivity index (χ4v) is 2.42. The summed E-state index contributed by atoms with van der Waals surface area (Å²) in [6.45, 7) is -1.68. The van der Waals surface area contributed by atoms with E-state index in [1.807, 2.05) is 0 Å². The Morgan fingerprint density at radius 3 is 2.11 bits per heavy atom. The third kappa shape index (κ3) is 2.73. The molecule has 0 spiro atoms. The number of halogens is 7. The van der Waals surface area contributed by atoms with Crippen molar-refractivity contribution in [1.29, 1.82) is 0 Å². The molecule has 18 heavy (non-hydrogen) atoms. The predicted octanol–water partition coefficient (Wildman–Crippen LogP) is 1.84. The molecule has 0 aromatic carbocycles. The lowest BCUT2D eigenvalue weighted by molar-refractivity contribution is -0.269. The van der Waals surface area contributed by atoms with Gasteiger partial charge in [-0.3, -0.25) is 4.79 Å². The zero-order valence-electron chi connectivity index (χ0n) is 8.65. The molecule has 0 aliphatic carbocycles. The van der Waals surface area contributed by atoms with E-state index in [2.05, 4.69) is 15.9 Å². The molecule has 2 unspecified atom stereocenters. The summed E-state index contributed by atoms with van der Waals surface area (Å²) in [4.78, 5) is 9.38. The zero-order valence-corrected chi connectivity index (χ0v) is 10.2. The molecule has 0 bridgehead atoms. The summed E-state index contributed by atoms with van der Waals surface area (Å²) >= 11 is 2.49. The highest BCUT2D eigenvalue weighted by molar-refractivity contribution is 9.09. The van der Waals surface area contributed by atoms with Crippen molar-refractivity contribution in [3.63, 3.8) is 0 Å². The van der Waals surface area contributed by atoms with Gasteiger partial charge in [-0.1, -0.05) is 15.9 Å². The number of likely N-dealkylation sites (tertiary alicyclic amines) is 1. The van der Waals surface area contributed by atoms with E-state index >= 15 is 0 Å². The number of nitrogens with zero attached hydrogens (tertiary/aromatic N) is 1. The molecule has 0 aromatic rings. The lowest BCUT2D eigenvalue weighted by Crippen LogP contribution is -2.62. The first-order valence-electron chi connectivity index (χ1n) is 4.69. The van der Waals surface area contributed by atoms with Crippen molar-refractivity contribution in [1.82, 2.24) is 4.90 Å². The summed E-state index contributed by atoms with van der Waals surface area (Å²) in [5, 5.41) is 9.39. The number of alkyl halides is 7. The first kappa shape index (κ1) is 15.5. The van der Waals surface area contributed by atoms with Gasteiger partial charge in [-0.05, 0) is 0 Å². The third-order valence-electron chi connectivity index (χ3n) is 2.68. The maximum Gasteiger partial charge on any atom is 0.471 e. The van der Waals surface area contributed by atoms with Crippen LogP contribution in [-0.4, -0.2) is 51.8 Å². The fraction of sp³-hybridized carbons (Fsp3) is 0.875. The zero-order chi connectivity index (χ0) is 14.4. The number of hydrogen-bond donors (Lipinski definition) is 1. The number of carbonyl (C=O) groups is 1. The molecule has 0 aromatic heterocycles. The van der Waals surface area contributed by atoms with Crippen molar-refractivity contribution in [2.45, 2.75) is 29.2 Å². The molecule has 0 saturated carbocycles. The minimum absolute atomic E-state index is 0.236. The normalized spacial score (nSPS) is 30.4. The molecule has 0 radical (unpaired) electrons. The summed E-state index contributed by atoms with van der Waals surface area (Å²) in [7, 11) is 0. The summed E-state index contributed by atoms with van der Waals surface area (Å²) in [6, 6.07) is 0. The van der Waals surface area contributed by atoms with Gasteiger partial charge in [-0.25, -0.2) is 0 Å². The molecule has 1 N–H and O–H groups in total. The van der Waals surface area contributed by atoms with Gasteiger partial charge in [0, 0.05) is 19.5 Å². The van der Waals surface area contributed by atoms with Crippen LogP contribution in [0.4, 0.5) is 26.3 Å². The quantitative estimate of drug-likeness (QED) is 0.538. The largest absolute Gasteiger partial charge is 0.471 e. The van der Waals surface area contributed by atoms with Gasteiger partial charge in [0.05, 0.1) is 4.83 Å². The second-order valence-electron chi connectivity index (χ2n) is 3.89. The fourth-order valence-electron chi connectivity index (χ4n) is 1.58. The average molecular weight is 344 g/mol. The Bertz CT molecular complexity index is 343.